The molecule has 0 N–H and O–H groups in total. The summed E-state index contributed by atoms with van der Waals surface area (Å²) in [6.07, 6.45) is 8.91. The molecule has 0 heterocycles. The predicted molar refractivity (Wildman–Crippen MR) is 172 cm³/mol. The molecule has 0 radical (unpaired) electrons. The van der Waals surface area contributed by atoms with Crippen molar-refractivity contribution in [1.29, 1.82) is 0 Å². The van der Waals surface area contributed by atoms with E-state index in [0.29, 0.717) is 52.5 Å². The zero-order valence-corrected chi connectivity index (χ0v) is 29.0. The Bertz CT molecular complexity index is 698. The van der Waals surface area contributed by atoms with Crippen molar-refractivity contribution in [2.75, 3.05) is 79.3 Å². The maximum Gasteiger partial charge on any atom is 0.308 e. The molecule has 0 bridgehead atoms. The van der Waals surface area contributed by atoms with Crippen LogP contribution in [0, 0.1) is 11.8 Å². The molecule has 0 aromatic rings. The average molecular weight is 663 g/mol. The Morgan fingerprint density at radius 3 is 1.02 bits per heavy atom. The van der Waals surface area contributed by atoms with Gasteiger partial charge in [-0.15, -0.1) is 0 Å². The van der Waals surface area contributed by atoms with E-state index in [-0.39, 0.29) is 88.2 Å². The molecular weight excluding hydrogens is 600 g/mol. The number of rotatable bonds is 33. The highest BCUT2D eigenvalue weighted by molar-refractivity contribution is 5.72. The molecule has 2 unspecified atom stereocenters. The lowest BCUT2D eigenvalue weighted by Gasteiger charge is -2.13. The summed E-state index contributed by atoms with van der Waals surface area (Å²) in [6.45, 7) is 11.5. The Morgan fingerprint density at radius 1 is 0.413 bits per heavy atom. The van der Waals surface area contributed by atoms with Gasteiger partial charge in [0.1, 0.15) is 26.4 Å². The molecule has 46 heavy (non-hydrogen) atoms. The normalized spacial score (nSPS) is 12.3. The zero-order chi connectivity index (χ0) is 34.1. The summed E-state index contributed by atoms with van der Waals surface area (Å²) >= 11 is 0. The number of ether oxygens (including phenoxy) is 8. The van der Waals surface area contributed by atoms with E-state index < -0.39 is 0 Å². The van der Waals surface area contributed by atoms with Gasteiger partial charge >= 0.3 is 23.9 Å². The van der Waals surface area contributed by atoms with E-state index in [1.54, 1.807) is 0 Å². The van der Waals surface area contributed by atoms with E-state index in [0.717, 1.165) is 51.4 Å². The monoisotopic (exact) mass is 662 g/mol. The van der Waals surface area contributed by atoms with Crippen molar-refractivity contribution in [1.82, 2.24) is 0 Å². The molecule has 2 atom stereocenters. The first-order chi connectivity index (χ1) is 22.4. The summed E-state index contributed by atoms with van der Waals surface area (Å²) in [4.78, 5) is 47.7. The molecule has 0 fully saturated rings. The first kappa shape index (κ1) is 43.7. The highest BCUT2D eigenvalue weighted by atomic mass is 16.6. The van der Waals surface area contributed by atoms with Crippen LogP contribution in [0.1, 0.15) is 105 Å². The van der Waals surface area contributed by atoms with Gasteiger partial charge in [0.15, 0.2) is 0 Å². The largest absolute Gasteiger partial charge is 0.463 e. The molecule has 0 saturated heterocycles. The summed E-state index contributed by atoms with van der Waals surface area (Å²) in [6, 6.07) is 0. The van der Waals surface area contributed by atoms with Gasteiger partial charge in [-0.1, -0.05) is 53.4 Å². The SMILES string of the molecule is CCCCC(CC)C(=O)OCCOCCOCCOC(=O)CCCCC(=O)OCCOCCOCCOC(=O)C(CC)CCCC. The Hall–Kier alpha value is -2.28. The van der Waals surface area contributed by atoms with Crippen LogP contribution < -0.4 is 0 Å². The van der Waals surface area contributed by atoms with E-state index >= 15 is 0 Å². The van der Waals surface area contributed by atoms with Crippen LogP contribution in [0.25, 0.3) is 0 Å². The summed E-state index contributed by atoms with van der Waals surface area (Å²) in [5.74, 6) is -1.08. The van der Waals surface area contributed by atoms with Crippen molar-refractivity contribution >= 4 is 23.9 Å². The third-order valence-corrected chi connectivity index (χ3v) is 7.15. The Balaban J connectivity index is 3.49. The van der Waals surface area contributed by atoms with Crippen molar-refractivity contribution in [2.24, 2.45) is 11.8 Å². The van der Waals surface area contributed by atoms with Crippen molar-refractivity contribution in [3.8, 4) is 0 Å². The number of esters is 4. The van der Waals surface area contributed by atoms with Gasteiger partial charge in [-0.05, 0) is 38.5 Å². The van der Waals surface area contributed by atoms with Crippen molar-refractivity contribution in [3.05, 3.63) is 0 Å². The van der Waals surface area contributed by atoms with Crippen molar-refractivity contribution < 1.29 is 57.1 Å². The number of hydrogen-bond donors (Lipinski definition) is 0. The van der Waals surface area contributed by atoms with Gasteiger partial charge in [0.25, 0.3) is 0 Å². The minimum absolute atomic E-state index is 0.0391. The lowest BCUT2D eigenvalue weighted by Crippen LogP contribution is -2.20. The highest BCUT2D eigenvalue weighted by Crippen LogP contribution is 2.15. The summed E-state index contributed by atoms with van der Waals surface area (Å²) in [5, 5.41) is 0. The maximum absolute atomic E-state index is 12.0. The quantitative estimate of drug-likeness (QED) is 0.0517. The maximum atomic E-state index is 12.0. The number of carbonyl (C=O) groups is 4. The van der Waals surface area contributed by atoms with E-state index in [1.807, 2.05) is 13.8 Å². The topological polar surface area (TPSA) is 142 Å². The molecule has 270 valence electrons. The van der Waals surface area contributed by atoms with Crippen LogP contribution in [-0.2, 0) is 57.1 Å². The van der Waals surface area contributed by atoms with Gasteiger partial charge < -0.3 is 37.9 Å². The smallest absolute Gasteiger partial charge is 0.308 e. The van der Waals surface area contributed by atoms with E-state index in [2.05, 4.69) is 13.8 Å². The molecule has 0 aromatic heterocycles. The van der Waals surface area contributed by atoms with Gasteiger partial charge in [-0.3, -0.25) is 19.2 Å². The molecule has 0 aliphatic carbocycles. The van der Waals surface area contributed by atoms with Crippen LogP contribution in [0.15, 0.2) is 0 Å². The molecule has 0 amide bonds. The molecule has 0 spiro atoms. The molecule has 12 nitrogen and oxygen atoms in total. The average Bonchev–Trinajstić information content (AvgIpc) is 3.05. The predicted octanol–water partition coefficient (Wildman–Crippen LogP) is 5.22. The second kappa shape index (κ2) is 32.7. The first-order valence-corrected chi connectivity index (χ1v) is 17.3. The minimum atomic E-state index is -0.342. The van der Waals surface area contributed by atoms with Gasteiger partial charge in [0.2, 0.25) is 0 Å². The molecule has 12 heteroatoms. The van der Waals surface area contributed by atoms with Gasteiger partial charge in [0, 0.05) is 12.8 Å². The van der Waals surface area contributed by atoms with Crippen molar-refractivity contribution in [2.45, 2.75) is 105 Å². The summed E-state index contributed by atoms with van der Waals surface area (Å²) in [5.41, 5.74) is 0. The molecule has 0 aromatic carbocycles. The summed E-state index contributed by atoms with van der Waals surface area (Å²) < 4.78 is 42.3. The Morgan fingerprint density at radius 2 is 0.717 bits per heavy atom. The molecule has 0 aliphatic rings. The van der Waals surface area contributed by atoms with Crippen LogP contribution in [0.4, 0.5) is 0 Å². The molecule has 0 saturated carbocycles. The zero-order valence-electron chi connectivity index (χ0n) is 29.0. The number of carbonyl (C=O) groups excluding carboxylic acids is 4. The van der Waals surface area contributed by atoms with E-state index in [4.69, 9.17) is 37.9 Å². The number of hydrogen-bond acceptors (Lipinski definition) is 12. The molecule has 0 rings (SSSR count). The van der Waals surface area contributed by atoms with E-state index in [1.165, 1.54) is 0 Å². The first-order valence-electron chi connectivity index (χ1n) is 17.3. The lowest BCUT2D eigenvalue weighted by molar-refractivity contribution is -0.151. The van der Waals surface area contributed by atoms with Crippen LogP contribution >= 0.6 is 0 Å². The summed E-state index contributed by atoms with van der Waals surface area (Å²) in [7, 11) is 0. The van der Waals surface area contributed by atoms with Crippen LogP contribution in [0.5, 0.6) is 0 Å². The van der Waals surface area contributed by atoms with Crippen LogP contribution in [0.3, 0.4) is 0 Å². The Kier molecular flexibility index (Phi) is 31.0. The van der Waals surface area contributed by atoms with Gasteiger partial charge in [-0.2, -0.15) is 0 Å². The Labute approximate surface area is 276 Å². The van der Waals surface area contributed by atoms with Crippen molar-refractivity contribution in [3.63, 3.8) is 0 Å². The molecule has 0 aliphatic heterocycles. The van der Waals surface area contributed by atoms with Crippen LogP contribution in [0.2, 0.25) is 0 Å². The number of unbranched alkanes of at least 4 members (excludes halogenated alkanes) is 3. The fourth-order valence-corrected chi connectivity index (χ4v) is 4.27. The second-order valence-corrected chi connectivity index (χ2v) is 10.9. The van der Waals surface area contributed by atoms with E-state index in [9.17, 15) is 19.2 Å². The lowest BCUT2D eigenvalue weighted by atomic mass is 10.00. The fourth-order valence-electron chi connectivity index (χ4n) is 4.27. The second-order valence-electron chi connectivity index (χ2n) is 10.9. The van der Waals surface area contributed by atoms with Crippen LogP contribution in [-0.4, -0.2) is 103 Å². The van der Waals surface area contributed by atoms with Gasteiger partial charge in [-0.25, -0.2) is 0 Å². The standard InChI is InChI=1S/C34H62O12/c1-5-9-13-29(7-3)33(37)45-27-23-41-19-17-39-21-25-43-31(35)15-11-12-16-32(36)44-26-22-40-18-20-42-24-28-46-34(38)30(8-4)14-10-6-2/h29-30H,5-28H2,1-4H3. The molecular formula is C34H62O12. The van der Waals surface area contributed by atoms with Gasteiger partial charge in [0.05, 0.1) is 64.7 Å². The fraction of sp³-hybridized carbons (Fsp3) is 0.882. The third kappa shape index (κ3) is 26.9. The third-order valence-electron chi connectivity index (χ3n) is 7.15. The minimum Gasteiger partial charge on any atom is -0.463 e. The highest BCUT2D eigenvalue weighted by Gasteiger charge is 2.18.